The van der Waals surface area contributed by atoms with E-state index in [-0.39, 0.29) is 5.91 Å². The first-order chi connectivity index (χ1) is 12.0. The molecule has 1 saturated heterocycles. The molecule has 6 heteroatoms. The largest absolute Gasteiger partial charge is 0.372 e. The molecule has 0 saturated carbocycles. The molecule has 3 rings (SSSR count). The predicted molar refractivity (Wildman–Crippen MR) is 98.9 cm³/mol. The van der Waals surface area contributed by atoms with Crippen LogP contribution in [0.4, 0.5) is 20.2 Å². The SMILES string of the molecule is Cc1cc(N2CCCC2)ccc1NC(=O)c1ccc(SC(F)F)cc1. The molecule has 132 valence electrons. The Hall–Kier alpha value is -2.08. The minimum absolute atomic E-state index is 0.245. The van der Waals surface area contributed by atoms with E-state index in [4.69, 9.17) is 0 Å². The third kappa shape index (κ3) is 4.51. The van der Waals surface area contributed by atoms with Crippen LogP contribution in [-0.4, -0.2) is 24.8 Å². The summed E-state index contributed by atoms with van der Waals surface area (Å²) in [5.41, 5.74) is 3.39. The van der Waals surface area contributed by atoms with E-state index in [1.165, 1.54) is 30.7 Å². The molecule has 1 aliphatic rings. The second kappa shape index (κ2) is 7.87. The molecule has 1 N–H and O–H groups in total. The zero-order valence-corrected chi connectivity index (χ0v) is 14.8. The number of halogens is 2. The van der Waals surface area contributed by atoms with Crippen molar-refractivity contribution < 1.29 is 13.6 Å². The maximum absolute atomic E-state index is 12.4. The van der Waals surface area contributed by atoms with E-state index in [9.17, 15) is 13.6 Å². The lowest BCUT2D eigenvalue weighted by molar-refractivity contribution is 0.102. The number of carbonyl (C=O) groups excluding carboxylic acids is 1. The molecule has 0 bridgehead atoms. The zero-order valence-electron chi connectivity index (χ0n) is 14.0. The van der Waals surface area contributed by atoms with Crippen molar-refractivity contribution in [2.24, 2.45) is 0 Å². The summed E-state index contributed by atoms with van der Waals surface area (Å²) in [6.07, 6.45) is 2.44. The van der Waals surface area contributed by atoms with E-state index >= 15 is 0 Å². The van der Waals surface area contributed by atoms with Gasteiger partial charge < -0.3 is 10.2 Å². The minimum atomic E-state index is -2.46. The summed E-state index contributed by atoms with van der Waals surface area (Å²) in [5.74, 6) is -2.71. The molecular formula is C19H20F2N2OS. The van der Waals surface area contributed by atoms with Gasteiger partial charge in [-0.05, 0) is 67.8 Å². The fourth-order valence-corrected chi connectivity index (χ4v) is 3.44. The van der Waals surface area contributed by atoms with Crippen molar-refractivity contribution in [2.45, 2.75) is 30.4 Å². The summed E-state index contributed by atoms with van der Waals surface area (Å²) in [6, 6.07) is 12.2. The Kier molecular flexibility index (Phi) is 5.58. The van der Waals surface area contributed by atoms with Gasteiger partial charge >= 0.3 is 0 Å². The molecule has 0 aromatic heterocycles. The quantitative estimate of drug-likeness (QED) is 0.746. The van der Waals surface area contributed by atoms with Gasteiger partial charge in [-0.15, -0.1) is 0 Å². The molecular weight excluding hydrogens is 342 g/mol. The fourth-order valence-electron chi connectivity index (χ4n) is 2.94. The molecule has 0 radical (unpaired) electrons. The summed E-state index contributed by atoms with van der Waals surface area (Å²) in [5, 5.41) is 2.89. The minimum Gasteiger partial charge on any atom is -0.372 e. The molecule has 1 fully saturated rings. The maximum atomic E-state index is 12.4. The molecule has 2 aromatic carbocycles. The van der Waals surface area contributed by atoms with E-state index in [2.05, 4.69) is 16.3 Å². The maximum Gasteiger partial charge on any atom is 0.288 e. The van der Waals surface area contributed by atoms with Gasteiger partial charge in [0.1, 0.15) is 0 Å². The van der Waals surface area contributed by atoms with Crippen molar-refractivity contribution in [3.8, 4) is 0 Å². The number of hydrogen-bond acceptors (Lipinski definition) is 3. The summed E-state index contributed by atoms with van der Waals surface area (Å²) in [7, 11) is 0. The highest BCUT2D eigenvalue weighted by Crippen LogP contribution is 2.27. The summed E-state index contributed by atoms with van der Waals surface area (Å²) < 4.78 is 24.7. The van der Waals surface area contributed by atoms with Gasteiger partial charge in [0.05, 0.1) is 0 Å². The summed E-state index contributed by atoms with van der Waals surface area (Å²) in [4.78, 5) is 15.2. The standard InChI is InChI=1S/C19H20F2N2OS/c1-13-12-15(23-10-2-3-11-23)6-9-17(13)22-18(24)14-4-7-16(8-5-14)25-19(20)21/h4-9,12,19H,2-3,10-11H2,1H3,(H,22,24). The Bertz CT molecular complexity index is 744. The summed E-state index contributed by atoms with van der Waals surface area (Å²) >= 11 is 0.469. The molecule has 25 heavy (non-hydrogen) atoms. The predicted octanol–water partition coefficient (Wildman–Crippen LogP) is 5.16. The molecule has 1 aliphatic heterocycles. The molecule has 1 amide bonds. The molecule has 0 atom stereocenters. The number of nitrogens with one attached hydrogen (secondary N) is 1. The van der Waals surface area contributed by atoms with Gasteiger partial charge in [-0.25, -0.2) is 0 Å². The van der Waals surface area contributed by atoms with E-state index in [0.717, 1.165) is 24.3 Å². The van der Waals surface area contributed by atoms with Gasteiger partial charge in [-0.2, -0.15) is 8.78 Å². The molecule has 0 aliphatic carbocycles. The van der Waals surface area contributed by atoms with Crippen LogP contribution in [0.5, 0.6) is 0 Å². The van der Waals surface area contributed by atoms with Crippen molar-refractivity contribution in [1.82, 2.24) is 0 Å². The highest BCUT2D eigenvalue weighted by molar-refractivity contribution is 7.99. The topological polar surface area (TPSA) is 32.3 Å². The van der Waals surface area contributed by atoms with E-state index < -0.39 is 5.76 Å². The smallest absolute Gasteiger partial charge is 0.288 e. The van der Waals surface area contributed by atoms with Gasteiger partial charge in [-0.1, -0.05) is 11.8 Å². The number of rotatable bonds is 5. The lowest BCUT2D eigenvalue weighted by atomic mass is 10.1. The van der Waals surface area contributed by atoms with Crippen LogP contribution in [0, 0.1) is 6.92 Å². The first kappa shape index (κ1) is 17.7. The zero-order chi connectivity index (χ0) is 17.8. The number of carbonyl (C=O) groups is 1. The van der Waals surface area contributed by atoms with Gasteiger partial charge in [0, 0.05) is 34.9 Å². The third-order valence-electron chi connectivity index (χ3n) is 4.27. The molecule has 2 aromatic rings. The number of benzene rings is 2. The normalized spacial score (nSPS) is 14.2. The van der Waals surface area contributed by atoms with E-state index in [1.54, 1.807) is 12.1 Å². The van der Waals surface area contributed by atoms with E-state index in [1.807, 2.05) is 19.1 Å². The van der Waals surface area contributed by atoms with Gasteiger partial charge in [0.15, 0.2) is 0 Å². The van der Waals surface area contributed by atoms with Gasteiger partial charge in [0.25, 0.3) is 11.7 Å². The third-order valence-corrected chi connectivity index (χ3v) is 4.99. The van der Waals surface area contributed by atoms with Crippen LogP contribution < -0.4 is 10.2 Å². The Morgan fingerprint density at radius 1 is 1.12 bits per heavy atom. The van der Waals surface area contributed by atoms with Crippen LogP contribution >= 0.6 is 11.8 Å². The first-order valence-corrected chi connectivity index (χ1v) is 9.13. The van der Waals surface area contributed by atoms with Crippen molar-refractivity contribution in [3.63, 3.8) is 0 Å². The molecule has 0 unspecified atom stereocenters. The monoisotopic (exact) mass is 362 g/mol. The van der Waals surface area contributed by atoms with Gasteiger partial charge in [0.2, 0.25) is 0 Å². The average Bonchev–Trinajstić information content (AvgIpc) is 3.11. The lowest BCUT2D eigenvalue weighted by Crippen LogP contribution is -2.18. The summed E-state index contributed by atoms with van der Waals surface area (Å²) in [6.45, 7) is 4.12. The highest BCUT2D eigenvalue weighted by atomic mass is 32.2. The van der Waals surface area contributed by atoms with Crippen molar-refractivity contribution in [3.05, 3.63) is 53.6 Å². The highest BCUT2D eigenvalue weighted by Gasteiger charge is 2.14. The van der Waals surface area contributed by atoms with Crippen LogP contribution in [0.3, 0.4) is 0 Å². The Labute approximate surface area is 150 Å². The number of amides is 1. The first-order valence-electron chi connectivity index (χ1n) is 8.25. The van der Waals surface area contributed by atoms with Crippen LogP contribution in [0.25, 0.3) is 0 Å². The van der Waals surface area contributed by atoms with E-state index in [0.29, 0.717) is 22.2 Å². The number of alkyl halides is 2. The second-order valence-electron chi connectivity index (χ2n) is 6.05. The number of aryl methyl sites for hydroxylation is 1. The molecule has 1 heterocycles. The number of hydrogen-bond donors (Lipinski definition) is 1. The fraction of sp³-hybridized carbons (Fsp3) is 0.316. The number of nitrogens with zero attached hydrogens (tertiary/aromatic N) is 1. The van der Waals surface area contributed by atoms with Crippen LogP contribution in [0.15, 0.2) is 47.4 Å². The molecule has 3 nitrogen and oxygen atoms in total. The second-order valence-corrected chi connectivity index (χ2v) is 7.11. The molecule has 0 spiro atoms. The Morgan fingerprint density at radius 3 is 2.40 bits per heavy atom. The Balaban J connectivity index is 1.68. The van der Waals surface area contributed by atoms with Crippen molar-refractivity contribution >= 4 is 29.0 Å². The lowest BCUT2D eigenvalue weighted by Gasteiger charge is -2.19. The van der Waals surface area contributed by atoms with Crippen molar-refractivity contribution in [1.29, 1.82) is 0 Å². The van der Waals surface area contributed by atoms with Gasteiger partial charge in [-0.3, -0.25) is 4.79 Å². The number of thioether (sulfide) groups is 1. The number of anilines is 2. The van der Waals surface area contributed by atoms with Crippen LogP contribution in [0.2, 0.25) is 0 Å². The van der Waals surface area contributed by atoms with Crippen LogP contribution in [0.1, 0.15) is 28.8 Å². The Morgan fingerprint density at radius 2 is 1.80 bits per heavy atom. The van der Waals surface area contributed by atoms with Crippen molar-refractivity contribution in [2.75, 3.05) is 23.3 Å². The average molecular weight is 362 g/mol. The van der Waals surface area contributed by atoms with Crippen LogP contribution in [-0.2, 0) is 0 Å².